The van der Waals surface area contributed by atoms with Crippen LogP contribution in [0.5, 0.6) is 17.2 Å². The molecule has 9 aromatic carbocycles. The average Bonchev–Trinajstić information content (AvgIpc) is 0.758. The van der Waals surface area contributed by atoms with Crippen LogP contribution in [0.3, 0.4) is 0 Å². The maximum atomic E-state index is 18.2. The van der Waals surface area contributed by atoms with E-state index in [1.165, 1.54) is 83.5 Å². The molecule has 0 atom stereocenters. The second-order valence-corrected chi connectivity index (χ2v) is 36.2. The quantitative estimate of drug-likeness (QED) is 0.0481. The summed E-state index contributed by atoms with van der Waals surface area (Å²) in [7, 11) is -5.00. The Bertz CT molecular complexity index is 4110. The van der Waals surface area contributed by atoms with Crippen molar-refractivity contribution < 1.29 is 18.1 Å². The highest BCUT2D eigenvalue weighted by Crippen LogP contribution is 2.58. The summed E-state index contributed by atoms with van der Waals surface area (Å²) in [6, 6.07) is 54.4. The maximum Gasteiger partial charge on any atom is 0.647 e. The molecular weight excluding hydrogens is 1280 g/mol. The first-order valence-corrected chi connectivity index (χ1v) is 41.4. The summed E-state index contributed by atoms with van der Waals surface area (Å²) >= 11 is 0. The first kappa shape index (κ1) is 80.7. The molecule has 0 N–H and O–H groups in total. The first-order valence-electron chi connectivity index (χ1n) is 39.9. The molecule has 0 radical (unpaired) electrons. The van der Waals surface area contributed by atoms with Crippen LogP contribution in [-0.2, 0) is 4.57 Å². The van der Waals surface area contributed by atoms with Crippen LogP contribution in [0.4, 0.5) is 0 Å². The monoisotopic (exact) mass is 1410 g/mol. The Hall–Kier alpha value is -7.39. The lowest BCUT2D eigenvalue weighted by Gasteiger charge is -2.29. The number of hydrogen-bond donors (Lipinski definition) is 0. The predicted octanol–water partition coefficient (Wildman–Crippen LogP) is 32.2. The van der Waals surface area contributed by atoms with Crippen LogP contribution in [0.2, 0.25) is 0 Å². The molecule has 0 spiro atoms. The average molecular weight is 1410 g/mol. The Morgan fingerprint density at radius 1 is 0.192 bits per heavy atom. The Morgan fingerprint density at radius 2 is 0.404 bits per heavy atom. The van der Waals surface area contributed by atoms with Gasteiger partial charge in [-0.3, -0.25) is 0 Å². The molecule has 0 aliphatic heterocycles. The number of rotatable bonds is 27. The van der Waals surface area contributed by atoms with E-state index in [4.69, 9.17) is 13.6 Å². The van der Waals surface area contributed by atoms with Gasteiger partial charge in [0.1, 0.15) is 17.2 Å². The lowest BCUT2D eigenvalue weighted by molar-refractivity contribution is 0.299. The van der Waals surface area contributed by atoms with E-state index in [9.17, 15) is 0 Å². The van der Waals surface area contributed by atoms with Gasteiger partial charge < -0.3 is 13.6 Å². The zero-order valence-electron chi connectivity index (χ0n) is 69.6. The summed E-state index contributed by atoms with van der Waals surface area (Å²) in [5, 5.41) is 0. The van der Waals surface area contributed by atoms with Gasteiger partial charge in [0.15, 0.2) is 0 Å². The highest BCUT2D eigenvalue weighted by atomic mass is 31.2. The van der Waals surface area contributed by atoms with Crippen LogP contribution in [0, 0.1) is 0 Å². The van der Waals surface area contributed by atoms with Crippen LogP contribution in [0.1, 0.15) is 380 Å². The molecule has 0 saturated carbocycles. The molecule has 0 unspecified atom stereocenters. The lowest BCUT2D eigenvalue weighted by Crippen LogP contribution is -2.12. The second kappa shape index (κ2) is 33.2. The molecular formula is C99H129O4P. The van der Waals surface area contributed by atoms with Crippen molar-refractivity contribution in [3.8, 4) is 84.0 Å². The van der Waals surface area contributed by atoms with E-state index in [1.54, 1.807) is 0 Å². The van der Waals surface area contributed by atoms with Crippen molar-refractivity contribution in [3.05, 3.63) is 229 Å². The SMILES string of the molecule is CC(C)c1ccc(-c2ccc(OP(=O)(Oc3ccc(-c4ccc(C(C)C)cc4C(C)C)cc3-c3ccc(C(C)C)c(C(C)C)c3C(C)C)Oc3ccc(-c4ccc(C(C)C)cc4C(C)C)cc3-c3ccc(C(C)C)c(C(C)C)c3C(C)C)c(-c3ccc(C(C)C)c(C(C)C)c3C(C)C)c2)c(C(C)C)c1. The van der Waals surface area contributed by atoms with Crippen molar-refractivity contribution in [1.29, 1.82) is 0 Å². The third-order valence-electron chi connectivity index (χ3n) is 21.8. The normalized spacial score (nSPS) is 12.5. The van der Waals surface area contributed by atoms with Gasteiger partial charge >= 0.3 is 7.82 Å². The second-order valence-electron chi connectivity index (χ2n) is 34.8. The third kappa shape index (κ3) is 17.0. The summed E-state index contributed by atoms with van der Waals surface area (Å²) in [4.78, 5) is 0. The van der Waals surface area contributed by atoms with Gasteiger partial charge in [-0.2, -0.15) is 4.57 Å². The fourth-order valence-corrected chi connectivity index (χ4v) is 17.7. The summed E-state index contributed by atoms with van der Waals surface area (Å²) < 4.78 is 41.3. The van der Waals surface area contributed by atoms with Crippen LogP contribution in [0.25, 0.3) is 66.8 Å². The number of benzene rings is 9. The maximum absolute atomic E-state index is 18.2. The highest BCUT2D eigenvalue weighted by molar-refractivity contribution is 7.49. The van der Waals surface area contributed by atoms with Crippen molar-refractivity contribution in [2.24, 2.45) is 0 Å². The molecule has 0 aromatic heterocycles. The first-order chi connectivity index (χ1) is 48.9. The predicted molar refractivity (Wildman–Crippen MR) is 453 cm³/mol. The van der Waals surface area contributed by atoms with Gasteiger partial charge in [-0.25, -0.2) is 0 Å². The largest absolute Gasteiger partial charge is 0.647 e. The van der Waals surface area contributed by atoms with Gasteiger partial charge in [0.25, 0.3) is 0 Å². The number of phosphoric acid groups is 1. The number of phosphoric ester groups is 1. The zero-order chi connectivity index (χ0) is 76.6. The standard InChI is InChI=1S/C99H129O4P/c1-55(2)70-31-37-79(85(49-70)61(13)14)73-34-46-91(88(52-73)82-43-40-76(58(7)8)94(64(19)20)97(82)67(25)26)101-104(100,102-92-47-35-74(80-38-32-71(56(3)4)50-86(80)62(15)16)53-89(92)83-44-41-77(59(9)10)95(65(21)22)98(83)68(27)28)103-93-48-36-75(81-39-33-72(57(5)6)51-87(81)63(17)18)54-90(93)84-45-42-78(60(11)12)96(66(23)24)99(84)69(29)30/h31-69H,1-30H3. The lowest BCUT2D eigenvalue weighted by atomic mass is 9.78. The molecule has 104 heavy (non-hydrogen) atoms. The van der Waals surface area contributed by atoms with Crippen LogP contribution in [-0.4, -0.2) is 0 Å². The number of hydrogen-bond acceptors (Lipinski definition) is 4. The van der Waals surface area contributed by atoms with E-state index in [-0.39, 0.29) is 71.0 Å². The zero-order valence-corrected chi connectivity index (χ0v) is 70.5. The van der Waals surface area contributed by atoms with Gasteiger partial charge in [0.05, 0.1) is 0 Å². The molecule has 9 rings (SSSR count). The molecule has 0 aliphatic rings. The molecule has 0 heterocycles. The van der Waals surface area contributed by atoms with Crippen molar-refractivity contribution in [3.63, 3.8) is 0 Å². The third-order valence-corrected chi connectivity index (χ3v) is 23.0. The summed E-state index contributed by atoms with van der Waals surface area (Å²) in [6.07, 6.45) is 0. The molecule has 9 aromatic rings. The van der Waals surface area contributed by atoms with Crippen LogP contribution < -0.4 is 13.6 Å². The molecule has 0 amide bonds. The fourth-order valence-electron chi connectivity index (χ4n) is 16.4. The van der Waals surface area contributed by atoms with Crippen LogP contribution in [0.15, 0.2) is 146 Å². The summed E-state index contributed by atoms with van der Waals surface area (Å²) in [5.74, 6) is 4.89. The van der Waals surface area contributed by atoms with E-state index < -0.39 is 7.82 Å². The minimum Gasteiger partial charge on any atom is -0.385 e. The molecule has 4 nitrogen and oxygen atoms in total. The van der Waals surface area contributed by atoms with Gasteiger partial charge in [-0.1, -0.05) is 317 Å². The Labute approximate surface area is 631 Å². The van der Waals surface area contributed by atoms with E-state index in [1.807, 2.05) is 18.2 Å². The molecule has 0 aliphatic carbocycles. The van der Waals surface area contributed by atoms with E-state index >= 15 is 4.57 Å². The minimum absolute atomic E-state index is 0.118. The smallest absolute Gasteiger partial charge is 0.385 e. The van der Waals surface area contributed by atoms with Gasteiger partial charge in [-0.15, -0.1) is 0 Å². The molecule has 5 heteroatoms. The molecule has 0 saturated heterocycles. The van der Waals surface area contributed by atoms with Gasteiger partial charge in [0, 0.05) is 16.7 Å². The molecule has 0 fully saturated rings. The van der Waals surface area contributed by atoms with Crippen molar-refractivity contribution >= 4 is 7.82 Å². The fraction of sp³-hybridized carbons (Fsp3) is 0.455. The van der Waals surface area contributed by atoms with Gasteiger partial charge in [0.2, 0.25) is 0 Å². The van der Waals surface area contributed by atoms with Crippen molar-refractivity contribution in [1.82, 2.24) is 0 Å². The van der Waals surface area contributed by atoms with Crippen molar-refractivity contribution in [2.75, 3.05) is 0 Å². The topological polar surface area (TPSA) is 44.8 Å². The minimum atomic E-state index is -5.00. The van der Waals surface area contributed by atoms with Crippen LogP contribution >= 0.6 is 7.82 Å². The summed E-state index contributed by atoms with van der Waals surface area (Å²) in [5.41, 5.74) is 31.7. The molecule has 554 valence electrons. The van der Waals surface area contributed by atoms with Gasteiger partial charge in [-0.05, 0) is 259 Å². The van der Waals surface area contributed by atoms with E-state index in [0.29, 0.717) is 35.0 Å². The Kier molecular flexibility index (Phi) is 25.7. The molecule has 0 bridgehead atoms. The van der Waals surface area contributed by atoms with Crippen molar-refractivity contribution in [2.45, 2.75) is 296 Å². The Balaban J connectivity index is 1.45. The summed E-state index contributed by atoms with van der Waals surface area (Å²) in [6.45, 7) is 69.0. The Morgan fingerprint density at radius 3 is 0.596 bits per heavy atom. The highest BCUT2D eigenvalue weighted by Gasteiger charge is 2.39. The van der Waals surface area contributed by atoms with E-state index in [2.05, 4.69) is 335 Å². The van der Waals surface area contributed by atoms with E-state index in [0.717, 1.165) is 66.8 Å².